The SMILES string of the molecule is Cc1n[nH]c(C)c1NC(=O)CN1C[C@@H]2[C@H](C1)[C@H]1CC[C@H]2O1. The van der Waals surface area contributed by atoms with E-state index in [-0.39, 0.29) is 5.91 Å². The molecule has 3 fully saturated rings. The molecule has 2 bridgehead atoms. The number of ether oxygens (including phenoxy) is 1. The molecular weight excluding hydrogens is 268 g/mol. The van der Waals surface area contributed by atoms with Gasteiger partial charge in [0.05, 0.1) is 35.8 Å². The Balaban J connectivity index is 1.36. The van der Waals surface area contributed by atoms with Crippen molar-refractivity contribution in [2.45, 2.75) is 38.9 Å². The van der Waals surface area contributed by atoms with E-state index in [1.807, 2.05) is 13.8 Å². The molecule has 1 amide bonds. The largest absolute Gasteiger partial charge is 0.374 e. The molecule has 1 aromatic rings. The number of rotatable bonds is 3. The summed E-state index contributed by atoms with van der Waals surface area (Å²) in [5.41, 5.74) is 2.57. The monoisotopic (exact) mass is 290 g/mol. The highest BCUT2D eigenvalue weighted by molar-refractivity contribution is 5.93. The Morgan fingerprint density at radius 1 is 1.33 bits per heavy atom. The van der Waals surface area contributed by atoms with E-state index in [1.165, 1.54) is 12.8 Å². The van der Waals surface area contributed by atoms with Gasteiger partial charge in [-0.15, -0.1) is 0 Å². The van der Waals surface area contributed by atoms with Crippen molar-refractivity contribution in [2.24, 2.45) is 11.8 Å². The molecule has 3 aliphatic heterocycles. The summed E-state index contributed by atoms with van der Waals surface area (Å²) in [5, 5.41) is 9.98. The van der Waals surface area contributed by atoms with Gasteiger partial charge >= 0.3 is 0 Å². The standard InChI is InChI=1S/C15H22N4O2/c1-8-15(9(2)18-17-8)16-14(20)7-19-5-10-11(6-19)13-4-3-12(10)21-13/h10-13H,3-7H2,1-2H3,(H,16,20)(H,17,18)/t10-,11+,12-,13-/m1/s1. The molecule has 0 spiro atoms. The van der Waals surface area contributed by atoms with Crippen molar-refractivity contribution in [2.75, 3.05) is 25.0 Å². The van der Waals surface area contributed by atoms with Crippen molar-refractivity contribution < 1.29 is 9.53 Å². The van der Waals surface area contributed by atoms with E-state index >= 15 is 0 Å². The first-order valence-electron chi connectivity index (χ1n) is 7.81. The van der Waals surface area contributed by atoms with Crippen LogP contribution in [0.1, 0.15) is 24.2 Å². The van der Waals surface area contributed by atoms with E-state index in [0.29, 0.717) is 30.6 Å². The molecule has 0 saturated carbocycles. The average molecular weight is 290 g/mol. The molecular formula is C15H22N4O2. The summed E-state index contributed by atoms with van der Waals surface area (Å²) in [6, 6.07) is 0. The number of nitrogens with one attached hydrogen (secondary N) is 2. The smallest absolute Gasteiger partial charge is 0.238 e. The summed E-state index contributed by atoms with van der Waals surface area (Å²) in [6.45, 7) is 6.29. The maximum Gasteiger partial charge on any atom is 0.238 e. The molecule has 0 radical (unpaired) electrons. The third kappa shape index (κ3) is 2.17. The number of nitrogens with zero attached hydrogens (tertiary/aromatic N) is 2. The van der Waals surface area contributed by atoms with Gasteiger partial charge in [-0.1, -0.05) is 0 Å². The summed E-state index contributed by atoms with van der Waals surface area (Å²) in [6.07, 6.45) is 3.32. The van der Waals surface area contributed by atoms with Gasteiger partial charge in [0.25, 0.3) is 0 Å². The molecule has 3 aliphatic rings. The van der Waals surface area contributed by atoms with E-state index in [9.17, 15) is 4.79 Å². The molecule has 2 N–H and O–H groups in total. The van der Waals surface area contributed by atoms with Crippen LogP contribution in [0.3, 0.4) is 0 Å². The topological polar surface area (TPSA) is 70.2 Å². The van der Waals surface area contributed by atoms with Crippen molar-refractivity contribution >= 4 is 11.6 Å². The number of hydrogen-bond acceptors (Lipinski definition) is 4. The van der Waals surface area contributed by atoms with Crippen LogP contribution in [0, 0.1) is 25.7 Å². The highest BCUT2D eigenvalue weighted by atomic mass is 16.5. The molecule has 0 aromatic carbocycles. The molecule has 4 rings (SSSR count). The van der Waals surface area contributed by atoms with Gasteiger partial charge in [0.2, 0.25) is 5.91 Å². The fraction of sp³-hybridized carbons (Fsp3) is 0.733. The molecule has 6 heteroatoms. The number of carbonyl (C=O) groups excluding carboxylic acids is 1. The number of hydrogen-bond donors (Lipinski definition) is 2. The zero-order chi connectivity index (χ0) is 14.6. The molecule has 4 heterocycles. The lowest BCUT2D eigenvalue weighted by Crippen LogP contribution is -2.33. The van der Waals surface area contributed by atoms with Gasteiger partial charge in [0, 0.05) is 24.9 Å². The zero-order valence-corrected chi connectivity index (χ0v) is 12.6. The van der Waals surface area contributed by atoms with Crippen molar-refractivity contribution in [1.82, 2.24) is 15.1 Å². The van der Waals surface area contributed by atoms with E-state index in [2.05, 4.69) is 20.4 Å². The Morgan fingerprint density at radius 2 is 2.00 bits per heavy atom. The third-order valence-electron chi connectivity index (χ3n) is 5.29. The van der Waals surface area contributed by atoms with E-state index in [4.69, 9.17) is 4.74 Å². The predicted molar refractivity (Wildman–Crippen MR) is 78.0 cm³/mol. The number of aromatic amines is 1. The van der Waals surface area contributed by atoms with Crippen LogP contribution < -0.4 is 5.32 Å². The average Bonchev–Trinajstić information content (AvgIpc) is 3.16. The van der Waals surface area contributed by atoms with Gasteiger partial charge in [-0.25, -0.2) is 0 Å². The molecule has 21 heavy (non-hydrogen) atoms. The number of fused-ring (bicyclic) bond motifs is 5. The van der Waals surface area contributed by atoms with Crippen LogP contribution >= 0.6 is 0 Å². The first kappa shape index (κ1) is 13.3. The fourth-order valence-electron chi connectivity index (χ4n) is 4.29. The predicted octanol–water partition coefficient (Wildman–Crippen LogP) is 1.07. The first-order valence-corrected chi connectivity index (χ1v) is 7.81. The Kier molecular flexibility index (Phi) is 3.04. The van der Waals surface area contributed by atoms with Crippen molar-refractivity contribution in [3.05, 3.63) is 11.4 Å². The van der Waals surface area contributed by atoms with Crippen LogP contribution in [0.4, 0.5) is 5.69 Å². The van der Waals surface area contributed by atoms with Crippen LogP contribution in [-0.4, -0.2) is 52.8 Å². The molecule has 3 saturated heterocycles. The van der Waals surface area contributed by atoms with Gasteiger partial charge in [-0.3, -0.25) is 14.8 Å². The maximum atomic E-state index is 12.2. The molecule has 4 atom stereocenters. The molecule has 1 aromatic heterocycles. The summed E-state index contributed by atoms with van der Waals surface area (Å²) < 4.78 is 5.97. The second-order valence-electron chi connectivity index (χ2n) is 6.67. The number of likely N-dealkylation sites (tertiary alicyclic amines) is 1. The van der Waals surface area contributed by atoms with Crippen LogP contribution in [0.25, 0.3) is 0 Å². The Morgan fingerprint density at radius 3 is 2.57 bits per heavy atom. The van der Waals surface area contributed by atoms with Crippen LogP contribution in [-0.2, 0) is 9.53 Å². The Bertz CT molecular complexity index is 533. The Labute approximate surface area is 124 Å². The summed E-state index contributed by atoms with van der Waals surface area (Å²) in [7, 11) is 0. The van der Waals surface area contributed by atoms with Gasteiger partial charge in [0.1, 0.15) is 0 Å². The lowest BCUT2D eigenvalue weighted by Gasteiger charge is -2.18. The summed E-state index contributed by atoms with van der Waals surface area (Å²) in [5.74, 6) is 1.35. The maximum absolute atomic E-state index is 12.2. The number of aryl methyl sites for hydroxylation is 2. The molecule has 0 unspecified atom stereocenters. The van der Waals surface area contributed by atoms with Crippen LogP contribution in [0.5, 0.6) is 0 Å². The molecule has 114 valence electrons. The van der Waals surface area contributed by atoms with Crippen molar-refractivity contribution in [3.63, 3.8) is 0 Å². The van der Waals surface area contributed by atoms with E-state index in [1.54, 1.807) is 0 Å². The normalized spacial score (nSPS) is 34.4. The van der Waals surface area contributed by atoms with Crippen molar-refractivity contribution in [1.29, 1.82) is 0 Å². The fourth-order valence-corrected chi connectivity index (χ4v) is 4.29. The second-order valence-corrected chi connectivity index (χ2v) is 6.67. The van der Waals surface area contributed by atoms with E-state index < -0.39 is 0 Å². The summed E-state index contributed by atoms with van der Waals surface area (Å²) in [4.78, 5) is 14.5. The van der Waals surface area contributed by atoms with Gasteiger partial charge in [0.15, 0.2) is 0 Å². The highest BCUT2D eigenvalue weighted by Gasteiger charge is 2.52. The van der Waals surface area contributed by atoms with Gasteiger partial charge in [-0.2, -0.15) is 5.10 Å². The zero-order valence-electron chi connectivity index (χ0n) is 12.6. The minimum absolute atomic E-state index is 0.0517. The number of aromatic nitrogens is 2. The third-order valence-corrected chi connectivity index (χ3v) is 5.29. The number of carbonyl (C=O) groups is 1. The van der Waals surface area contributed by atoms with Crippen molar-refractivity contribution in [3.8, 4) is 0 Å². The summed E-state index contributed by atoms with van der Waals surface area (Å²) >= 11 is 0. The second kappa shape index (κ2) is 4.81. The molecule has 0 aliphatic carbocycles. The lowest BCUT2D eigenvalue weighted by atomic mass is 9.82. The van der Waals surface area contributed by atoms with Gasteiger partial charge in [-0.05, 0) is 26.7 Å². The number of anilines is 1. The highest BCUT2D eigenvalue weighted by Crippen LogP contribution is 2.47. The number of amides is 1. The lowest BCUT2D eigenvalue weighted by molar-refractivity contribution is -0.117. The molecule has 6 nitrogen and oxygen atoms in total. The minimum Gasteiger partial charge on any atom is -0.374 e. The number of H-pyrrole nitrogens is 1. The first-order chi connectivity index (χ1) is 10.1. The Hall–Kier alpha value is -1.40. The van der Waals surface area contributed by atoms with Crippen LogP contribution in [0.15, 0.2) is 0 Å². The minimum atomic E-state index is 0.0517. The quantitative estimate of drug-likeness (QED) is 0.874. The van der Waals surface area contributed by atoms with Crippen LogP contribution in [0.2, 0.25) is 0 Å². The van der Waals surface area contributed by atoms with E-state index in [0.717, 1.165) is 30.2 Å². The van der Waals surface area contributed by atoms with Gasteiger partial charge < -0.3 is 10.1 Å².